The molecule has 0 aromatic carbocycles. The van der Waals surface area contributed by atoms with Crippen LogP contribution in [0.5, 0.6) is 0 Å². The zero-order chi connectivity index (χ0) is 9.46. The predicted molar refractivity (Wildman–Crippen MR) is 33.2 cm³/mol. The molecule has 0 aromatic rings. The van der Waals surface area contributed by atoms with E-state index < -0.39 is 30.8 Å². The third-order valence-electron chi connectivity index (χ3n) is 1.62. The number of hydrogen-bond donors (Lipinski definition) is 6. The lowest BCUT2D eigenvalue weighted by molar-refractivity contribution is -0.193. The summed E-state index contributed by atoms with van der Waals surface area (Å²) < 4.78 is 6.94. The first-order chi connectivity index (χ1) is 5.46. The molecule has 1 saturated heterocycles. The van der Waals surface area contributed by atoms with E-state index in [1.54, 1.807) is 0 Å². The van der Waals surface area contributed by atoms with E-state index in [4.69, 9.17) is 26.9 Å². The van der Waals surface area contributed by atoms with Gasteiger partial charge in [-0.3, -0.25) is 5.31 Å². The van der Waals surface area contributed by atoms with Crippen molar-refractivity contribution in [2.75, 3.05) is 0 Å². The maximum Gasteiger partial charge on any atom is 0.135 e. The summed E-state index contributed by atoms with van der Waals surface area (Å²) in [4.78, 5) is 0. The van der Waals surface area contributed by atoms with Crippen LogP contribution in [0.25, 0.3) is 0 Å². The Labute approximate surface area is 64.2 Å². The molecule has 1 rings (SSSR count). The van der Waals surface area contributed by atoms with Crippen molar-refractivity contribution in [2.24, 2.45) is 0 Å². The van der Waals surface area contributed by atoms with E-state index in [-0.39, 0.29) is 5.31 Å². The molecular weight excluding hydrogens is 154 g/mol. The number of rotatable bonds is 0. The second-order valence-electron chi connectivity index (χ2n) is 2.45. The van der Waals surface area contributed by atoms with Crippen molar-refractivity contribution >= 4 is 0 Å². The van der Waals surface area contributed by atoms with Gasteiger partial charge >= 0.3 is 0 Å². The second-order valence-corrected chi connectivity index (χ2v) is 2.45. The smallest absolute Gasteiger partial charge is 0.135 e. The highest BCUT2D eigenvalue weighted by Gasteiger charge is 2.40. The average Bonchev–Trinajstić information content (AvgIpc) is 2.08. The average molecular weight is 166 g/mol. The molecular formula is C5H11NO5. The molecule has 1 fully saturated rings. The van der Waals surface area contributed by atoms with Crippen molar-refractivity contribution in [1.82, 2.24) is 5.31 Å². The van der Waals surface area contributed by atoms with Crippen LogP contribution in [0.3, 0.4) is 0 Å². The quantitative estimate of drug-likeness (QED) is 0.221. The minimum absolute atomic E-state index is 0.224. The van der Waals surface area contributed by atoms with Gasteiger partial charge in [-0.15, -0.1) is 0 Å². The fraction of sp³-hybridized carbons (Fsp3) is 1.00. The Morgan fingerprint density at radius 1 is 0.818 bits per heavy atom. The van der Waals surface area contributed by atoms with Gasteiger partial charge in [0.1, 0.15) is 32.2 Å². The van der Waals surface area contributed by atoms with Gasteiger partial charge in [0.2, 0.25) is 0 Å². The van der Waals surface area contributed by atoms with Crippen molar-refractivity contribution < 1.29 is 26.9 Å². The van der Waals surface area contributed by atoms with E-state index in [1.807, 2.05) is 0 Å². The molecule has 0 aliphatic carbocycles. The third kappa shape index (κ3) is 1.51. The molecule has 0 spiro atoms. The van der Waals surface area contributed by atoms with Crippen LogP contribution >= 0.6 is 0 Å². The summed E-state index contributed by atoms with van der Waals surface area (Å²) >= 11 is 0. The van der Waals surface area contributed by atoms with E-state index >= 15 is 0 Å². The first kappa shape index (κ1) is 7.41. The number of aliphatic hydroxyl groups is 5. The zero-order valence-corrected chi connectivity index (χ0v) is 5.57. The number of aliphatic hydroxyl groups excluding tert-OH is 5. The fourth-order valence-electron chi connectivity index (χ4n) is 0.888. The molecule has 1 heterocycles. The molecule has 0 aromatic heterocycles. The fourth-order valence-corrected chi connectivity index (χ4v) is 0.888. The maximum absolute atomic E-state index is 8.97. The zero-order valence-electron chi connectivity index (χ0n) is 6.57. The van der Waals surface area contributed by atoms with Gasteiger partial charge in [0.15, 0.2) is 0 Å². The largest absolute Gasteiger partial charge is 0.387 e. The second kappa shape index (κ2) is 3.02. The Hall–Kier alpha value is -0.240. The van der Waals surface area contributed by atoms with Crippen LogP contribution in [-0.2, 0) is 0 Å². The molecule has 3 unspecified atom stereocenters. The standard InChI is InChI=1S/C5H11NO5/c7-1-2(8)4(10)6-5(11)3(1)9/h1-11H/t1?,2-,3+,4?,5?/i/hD. The van der Waals surface area contributed by atoms with Gasteiger partial charge in [0, 0.05) is 0 Å². The predicted octanol–water partition coefficient (Wildman–Crippen LogP) is -3.69. The highest BCUT2D eigenvalue weighted by Crippen LogP contribution is 2.11. The van der Waals surface area contributed by atoms with E-state index in [9.17, 15) is 0 Å². The van der Waals surface area contributed by atoms with E-state index in [2.05, 4.69) is 0 Å². The lowest BCUT2D eigenvalue weighted by Gasteiger charge is -2.36. The first-order valence-electron chi connectivity index (χ1n) is 3.59. The minimum Gasteiger partial charge on any atom is -0.387 e. The van der Waals surface area contributed by atoms with Crippen LogP contribution in [0.4, 0.5) is 0 Å². The molecule has 0 saturated carbocycles. The summed E-state index contributed by atoms with van der Waals surface area (Å²) in [5, 5.41) is 45.1. The summed E-state index contributed by atoms with van der Waals surface area (Å²) in [6.45, 7) is 0. The van der Waals surface area contributed by atoms with E-state index in [0.29, 0.717) is 0 Å². The lowest BCUT2D eigenvalue weighted by Crippen LogP contribution is -2.64. The molecule has 66 valence electrons. The Kier molecular flexibility index (Phi) is 2.03. The lowest BCUT2D eigenvalue weighted by atomic mass is 10.0. The van der Waals surface area contributed by atoms with E-state index in [1.165, 1.54) is 0 Å². The highest BCUT2D eigenvalue weighted by atomic mass is 16.4. The summed E-state index contributed by atoms with van der Waals surface area (Å²) in [6.07, 6.45) is -8.34. The molecule has 5 atom stereocenters. The first-order valence-corrected chi connectivity index (χ1v) is 3.14. The number of nitrogens with one attached hydrogen (secondary N) is 1. The molecule has 6 nitrogen and oxygen atoms in total. The third-order valence-corrected chi connectivity index (χ3v) is 1.62. The van der Waals surface area contributed by atoms with Crippen LogP contribution in [0.1, 0.15) is 0 Å². The van der Waals surface area contributed by atoms with Crippen molar-refractivity contribution in [1.29, 1.82) is 0 Å². The number of piperidine rings is 1. The van der Waals surface area contributed by atoms with Crippen LogP contribution < -0.4 is 5.31 Å². The van der Waals surface area contributed by atoms with Crippen LogP contribution in [-0.4, -0.2) is 56.3 Å². The molecule has 11 heavy (non-hydrogen) atoms. The van der Waals surface area contributed by atoms with Crippen LogP contribution in [0.15, 0.2) is 0 Å². The minimum atomic E-state index is -1.70. The Bertz CT molecular complexity index is 111. The molecule has 6 heteroatoms. The Balaban J connectivity index is 2.76. The van der Waals surface area contributed by atoms with Crippen LogP contribution in [0.2, 0.25) is 1.41 Å². The molecule has 1 aliphatic heterocycles. The normalized spacial score (nSPS) is 55.7. The van der Waals surface area contributed by atoms with Crippen molar-refractivity contribution in [3.8, 4) is 0 Å². The number of hydrogen-bond acceptors (Lipinski definition) is 6. The summed E-state index contributed by atoms with van der Waals surface area (Å²) in [6, 6.07) is 0. The van der Waals surface area contributed by atoms with Crippen LogP contribution in [0, 0.1) is 0 Å². The molecule has 1 aliphatic rings. The van der Waals surface area contributed by atoms with Crippen molar-refractivity contribution in [2.45, 2.75) is 30.8 Å². The topological polar surface area (TPSA) is 113 Å². The van der Waals surface area contributed by atoms with Gasteiger partial charge in [-0.05, 0) is 0 Å². The van der Waals surface area contributed by atoms with Gasteiger partial charge in [-0.2, -0.15) is 0 Å². The van der Waals surface area contributed by atoms with Gasteiger partial charge in [-0.1, -0.05) is 0 Å². The summed E-state index contributed by atoms with van der Waals surface area (Å²) in [5.74, 6) is 0. The van der Waals surface area contributed by atoms with Gasteiger partial charge in [0.05, 0.1) is 0 Å². The Morgan fingerprint density at radius 2 is 1.18 bits per heavy atom. The molecule has 0 amide bonds. The highest BCUT2D eigenvalue weighted by molar-refractivity contribution is 4.89. The Morgan fingerprint density at radius 3 is 1.55 bits per heavy atom. The molecule has 6 N–H and O–H groups in total. The van der Waals surface area contributed by atoms with Crippen molar-refractivity contribution in [3.05, 3.63) is 0 Å². The maximum atomic E-state index is 8.97. The van der Waals surface area contributed by atoms with Crippen molar-refractivity contribution in [3.63, 3.8) is 0 Å². The summed E-state index contributed by atoms with van der Waals surface area (Å²) in [5.41, 5.74) is 0. The monoisotopic (exact) mass is 166 g/mol. The van der Waals surface area contributed by atoms with E-state index in [0.717, 1.165) is 0 Å². The summed E-state index contributed by atoms with van der Waals surface area (Å²) in [7, 11) is 0. The molecule has 0 bridgehead atoms. The molecule has 0 radical (unpaired) electrons. The SMILES string of the molecule is [2H]N1C(O)[C@H](O)C(O)[C@H](O)C1O. The van der Waals surface area contributed by atoms with Gasteiger partial charge < -0.3 is 25.5 Å². The van der Waals surface area contributed by atoms with Gasteiger partial charge in [0.25, 0.3) is 0 Å². The van der Waals surface area contributed by atoms with Gasteiger partial charge in [-0.25, -0.2) is 0 Å².